The minimum Gasteiger partial charge on any atom is -0.482 e. The lowest BCUT2D eigenvalue weighted by Gasteiger charge is -2.15. The molecule has 2 amide bonds. The van der Waals surface area contributed by atoms with Crippen LogP contribution in [0.5, 0.6) is 5.75 Å². The molecule has 0 atom stereocenters. The number of rotatable bonds is 6. The van der Waals surface area contributed by atoms with Crippen molar-refractivity contribution in [1.29, 1.82) is 0 Å². The van der Waals surface area contributed by atoms with Gasteiger partial charge >= 0.3 is 0 Å². The summed E-state index contributed by atoms with van der Waals surface area (Å²) in [5.74, 6) is -0.228. The van der Waals surface area contributed by atoms with E-state index in [2.05, 4.69) is 5.32 Å². The first-order valence-corrected chi connectivity index (χ1v) is 12.6. The Morgan fingerprint density at radius 1 is 1.03 bits per heavy atom. The van der Waals surface area contributed by atoms with Crippen LogP contribution < -0.4 is 15.0 Å². The number of thioether (sulfide) groups is 1. The molecule has 0 radical (unpaired) electrons. The third-order valence-electron chi connectivity index (χ3n) is 4.90. The normalized spacial score (nSPS) is 14.5. The predicted octanol–water partition coefficient (Wildman–Crippen LogP) is 7.38. The van der Waals surface area contributed by atoms with E-state index in [9.17, 15) is 9.59 Å². The van der Waals surface area contributed by atoms with E-state index < -0.39 is 0 Å². The Kier molecular flexibility index (Phi) is 8.04. The summed E-state index contributed by atoms with van der Waals surface area (Å²) in [7, 11) is 0. The standard InChI is InChI=1S/C25H17Cl3N2O3S2/c1-14-2-5-16(6-3-14)29-23(31)13-33-21-9-4-15(10-20(21)28)11-22-24(32)30(25(34)35-22)17-7-8-18(26)19(27)12-17/h2-12H,13H2,1H3,(H,29,31)/b22-11-. The highest BCUT2D eigenvalue weighted by molar-refractivity contribution is 8.27. The molecule has 35 heavy (non-hydrogen) atoms. The van der Waals surface area contributed by atoms with Crippen LogP contribution in [0.3, 0.4) is 0 Å². The van der Waals surface area contributed by atoms with Crippen molar-refractivity contribution in [2.75, 3.05) is 16.8 Å². The lowest BCUT2D eigenvalue weighted by atomic mass is 10.2. The summed E-state index contributed by atoms with van der Waals surface area (Å²) in [6.07, 6.45) is 1.69. The molecule has 4 rings (SSSR count). The second-order valence-electron chi connectivity index (χ2n) is 7.51. The second kappa shape index (κ2) is 11.0. The predicted molar refractivity (Wildman–Crippen MR) is 149 cm³/mol. The van der Waals surface area contributed by atoms with Crippen LogP contribution >= 0.6 is 58.8 Å². The quantitative estimate of drug-likeness (QED) is 0.250. The Morgan fingerprint density at radius 3 is 2.46 bits per heavy atom. The van der Waals surface area contributed by atoms with Crippen molar-refractivity contribution in [3.63, 3.8) is 0 Å². The van der Waals surface area contributed by atoms with E-state index in [-0.39, 0.29) is 18.4 Å². The zero-order chi connectivity index (χ0) is 25.1. The van der Waals surface area contributed by atoms with Gasteiger partial charge in [-0.25, -0.2) is 0 Å². The van der Waals surface area contributed by atoms with Crippen LogP contribution in [0, 0.1) is 6.92 Å². The molecular formula is C25H17Cl3N2O3S2. The molecule has 1 N–H and O–H groups in total. The minimum atomic E-state index is -0.306. The first-order chi connectivity index (χ1) is 16.7. The lowest BCUT2D eigenvalue weighted by Crippen LogP contribution is -2.27. The molecule has 0 saturated carbocycles. The van der Waals surface area contributed by atoms with Gasteiger partial charge in [0.1, 0.15) is 5.75 Å². The third kappa shape index (κ3) is 6.18. The molecular weight excluding hydrogens is 547 g/mol. The van der Waals surface area contributed by atoms with E-state index in [4.69, 9.17) is 51.8 Å². The number of carbonyl (C=O) groups is 2. The molecule has 1 heterocycles. The van der Waals surface area contributed by atoms with E-state index in [0.717, 1.165) is 5.56 Å². The number of benzene rings is 3. The van der Waals surface area contributed by atoms with Gasteiger partial charge in [0.2, 0.25) is 0 Å². The van der Waals surface area contributed by atoms with Crippen LogP contribution in [-0.4, -0.2) is 22.7 Å². The number of hydrogen-bond donors (Lipinski definition) is 1. The third-order valence-corrected chi connectivity index (χ3v) is 7.24. The minimum absolute atomic E-state index is 0.199. The van der Waals surface area contributed by atoms with Crippen molar-refractivity contribution in [3.8, 4) is 5.75 Å². The van der Waals surface area contributed by atoms with Gasteiger partial charge in [-0.1, -0.05) is 82.5 Å². The maximum atomic E-state index is 13.0. The molecule has 3 aromatic carbocycles. The molecule has 1 saturated heterocycles. The van der Waals surface area contributed by atoms with Gasteiger partial charge in [-0.3, -0.25) is 14.5 Å². The van der Waals surface area contributed by atoms with E-state index in [1.54, 1.807) is 42.5 Å². The number of thiocarbonyl (C=S) groups is 1. The number of anilines is 2. The smallest absolute Gasteiger partial charge is 0.270 e. The summed E-state index contributed by atoms with van der Waals surface area (Å²) < 4.78 is 5.94. The first kappa shape index (κ1) is 25.5. The molecule has 0 aliphatic carbocycles. The largest absolute Gasteiger partial charge is 0.482 e. The highest BCUT2D eigenvalue weighted by Gasteiger charge is 2.33. The zero-order valence-corrected chi connectivity index (χ0v) is 22.1. The summed E-state index contributed by atoms with van der Waals surface area (Å²) in [6, 6.07) is 17.4. The first-order valence-electron chi connectivity index (χ1n) is 10.2. The fourth-order valence-electron chi connectivity index (χ4n) is 3.17. The average Bonchev–Trinajstić information content (AvgIpc) is 3.09. The lowest BCUT2D eigenvalue weighted by molar-refractivity contribution is -0.118. The Labute approximate surface area is 227 Å². The molecule has 0 unspecified atom stereocenters. The topological polar surface area (TPSA) is 58.6 Å². The van der Waals surface area contributed by atoms with Gasteiger partial charge < -0.3 is 10.1 Å². The zero-order valence-electron chi connectivity index (χ0n) is 18.2. The van der Waals surface area contributed by atoms with Gasteiger partial charge in [-0.2, -0.15) is 0 Å². The number of amides is 2. The van der Waals surface area contributed by atoms with E-state index >= 15 is 0 Å². The van der Waals surface area contributed by atoms with Gasteiger partial charge in [0.15, 0.2) is 10.9 Å². The van der Waals surface area contributed by atoms with E-state index in [1.165, 1.54) is 16.7 Å². The second-order valence-corrected chi connectivity index (χ2v) is 10.4. The Morgan fingerprint density at radius 2 is 1.77 bits per heavy atom. The van der Waals surface area contributed by atoms with Crippen molar-refractivity contribution in [3.05, 3.63) is 91.8 Å². The number of nitrogens with one attached hydrogen (secondary N) is 1. The highest BCUT2D eigenvalue weighted by atomic mass is 35.5. The Bertz CT molecular complexity index is 1360. The summed E-state index contributed by atoms with van der Waals surface area (Å²) in [5.41, 5.74) is 3.00. The van der Waals surface area contributed by atoms with Crippen LogP contribution in [0.25, 0.3) is 6.08 Å². The number of nitrogens with zero attached hydrogens (tertiary/aromatic N) is 1. The molecule has 0 spiro atoms. The van der Waals surface area contributed by atoms with Gasteiger partial charge in [0, 0.05) is 5.69 Å². The molecule has 0 aromatic heterocycles. The molecule has 10 heteroatoms. The summed E-state index contributed by atoms with van der Waals surface area (Å²) >= 11 is 25.0. The number of carbonyl (C=O) groups excluding carboxylic acids is 2. The van der Waals surface area contributed by atoms with Gasteiger partial charge in [0.25, 0.3) is 11.8 Å². The monoisotopic (exact) mass is 562 g/mol. The molecule has 1 aliphatic heterocycles. The molecule has 178 valence electrons. The Balaban J connectivity index is 1.42. The Hall–Kier alpha value is -2.55. The maximum absolute atomic E-state index is 13.0. The van der Waals surface area contributed by atoms with Crippen molar-refractivity contribution in [1.82, 2.24) is 0 Å². The van der Waals surface area contributed by atoms with E-state index in [0.29, 0.717) is 47.0 Å². The van der Waals surface area contributed by atoms with Crippen LogP contribution in [0.2, 0.25) is 15.1 Å². The van der Waals surface area contributed by atoms with Crippen molar-refractivity contribution < 1.29 is 14.3 Å². The molecule has 3 aromatic rings. The number of aryl methyl sites for hydroxylation is 1. The van der Waals surface area contributed by atoms with Gasteiger partial charge in [-0.15, -0.1) is 0 Å². The summed E-state index contributed by atoms with van der Waals surface area (Å²) in [5, 5.41) is 3.79. The van der Waals surface area contributed by atoms with Crippen molar-refractivity contribution in [2.45, 2.75) is 6.92 Å². The molecule has 0 bridgehead atoms. The maximum Gasteiger partial charge on any atom is 0.270 e. The number of halogens is 3. The number of ether oxygens (including phenoxy) is 1. The highest BCUT2D eigenvalue weighted by Crippen LogP contribution is 2.38. The van der Waals surface area contributed by atoms with Crippen LogP contribution in [0.4, 0.5) is 11.4 Å². The van der Waals surface area contributed by atoms with Crippen molar-refractivity contribution in [2.24, 2.45) is 0 Å². The fraction of sp³-hybridized carbons (Fsp3) is 0.0800. The van der Waals surface area contributed by atoms with Crippen LogP contribution in [0.15, 0.2) is 65.6 Å². The van der Waals surface area contributed by atoms with Crippen molar-refractivity contribution >= 4 is 92.4 Å². The molecule has 1 aliphatic rings. The summed E-state index contributed by atoms with van der Waals surface area (Å²) in [6.45, 7) is 1.77. The van der Waals surface area contributed by atoms with Crippen LogP contribution in [-0.2, 0) is 9.59 Å². The van der Waals surface area contributed by atoms with Gasteiger partial charge in [-0.05, 0) is 61.0 Å². The van der Waals surface area contributed by atoms with Crippen LogP contribution in [0.1, 0.15) is 11.1 Å². The molecule has 5 nitrogen and oxygen atoms in total. The summed E-state index contributed by atoms with van der Waals surface area (Å²) in [4.78, 5) is 27.0. The fourth-order valence-corrected chi connectivity index (χ4v) is 5.00. The number of hydrogen-bond acceptors (Lipinski definition) is 5. The molecule has 1 fully saturated rings. The average molecular weight is 564 g/mol. The SMILES string of the molecule is Cc1ccc(NC(=O)COc2ccc(/C=C3\SC(=S)N(c4ccc(Cl)c(Cl)c4)C3=O)cc2Cl)cc1. The van der Waals surface area contributed by atoms with E-state index in [1.807, 2.05) is 31.2 Å². The van der Waals surface area contributed by atoms with Gasteiger partial charge in [0.05, 0.1) is 25.7 Å².